The highest BCUT2D eigenvalue weighted by atomic mass is 79.9. The molecule has 0 heterocycles. The molecule has 1 aromatic rings. The van der Waals surface area contributed by atoms with Crippen molar-refractivity contribution in [3.8, 4) is 0 Å². The van der Waals surface area contributed by atoms with Gasteiger partial charge in [0.1, 0.15) is 0 Å². The minimum absolute atomic E-state index is 0.00116. The Labute approximate surface area is 105 Å². The zero-order valence-electron chi connectivity index (χ0n) is 9.72. The largest absolute Gasteiger partial charge is 0.352 e. The summed E-state index contributed by atoms with van der Waals surface area (Å²) in [5, 5.41) is 2.91. The fraction of sp³-hybridized carbons (Fsp3) is 0.417. The van der Waals surface area contributed by atoms with E-state index in [-0.39, 0.29) is 5.91 Å². The van der Waals surface area contributed by atoms with Crippen LogP contribution in [0, 0.1) is 0 Å². The molecular weight excluding hydrogens is 268 g/mol. The van der Waals surface area contributed by atoms with Gasteiger partial charge in [-0.1, -0.05) is 15.9 Å². The molecule has 0 aliphatic heterocycles. The van der Waals surface area contributed by atoms with Crippen LogP contribution in [0.2, 0.25) is 0 Å². The Morgan fingerprint density at radius 3 is 2.50 bits per heavy atom. The average molecular weight is 286 g/mol. The maximum atomic E-state index is 11.7. The highest BCUT2D eigenvalue weighted by Crippen LogP contribution is 2.10. The van der Waals surface area contributed by atoms with Crippen molar-refractivity contribution in [3.05, 3.63) is 34.3 Å². The van der Waals surface area contributed by atoms with Crippen LogP contribution in [0.25, 0.3) is 0 Å². The summed E-state index contributed by atoms with van der Waals surface area (Å²) >= 11 is 3.34. The molecule has 0 aliphatic rings. The quantitative estimate of drug-likeness (QED) is 0.768. The Balaban J connectivity index is 2.32. The summed E-state index contributed by atoms with van der Waals surface area (Å²) in [6, 6.07) is 7.38. The summed E-state index contributed by atoms with van der Waals surface area (Å²) < 4.78 is 0.986. The predicted molar refractivity (Wildman–Crippen MR) is 68.8 cm³/mol. The molecule has 1 aromatic carbocycles. The van der Waals surface area contributed by atoms with Crippen LogP contribution in [0.1, 0.15) is 16.8 Å². The van der Waals surface area contributed by atoms with Crippen molar-refractivity contribution in [2.24, 2.45) is 0 Å². The van der Waals surface area contributed by atoms with Crippen molar-refractivity contribution >= 4 is 21.8 Å². The molecular formula is C12H18BrN2O+. The minimum Gasteiger partial charge on any atom is -0.352 e. The maximum Gasteiger partial charge on any atom is 0.251 e. The van der Waals surface area contributed by atoms with Gasteiger partial charge >= 0.3 is 0 Å². The van der Waals surface area contributed by atoms with E-state index in [2.05, 4.69) is 35.3 Å². The molecule has 1 amide bonds. The fourth-order valence-corrected chi connectivity index (χ4v) is 1.61. The van der Waals surface area contributed by atoms with Crippen molar-refractivity contribution in [3.63, 3.8) is 0 Å². The summed E-state index contributed by atoms with van der Waals surface area (Å²) in [5.74, 6) is 0.00116. The Bertz CT molecular complexity index is 335. The van der Waals surface area contributed by atoms with Crippen molar-refractivity contribution in [2.75, 3.05) is 27.2 Å². The van der Waals surface area contributed by atoms with Gasteiger partial charge < -0.3 is 10.2 Å². The molecule has 0 spiro atoms. The summed E-state index contributed by atoms with van der Waals surface area (Å²) in [5.41, 5.74) is 0.709. The molecule has 0 aliphatic carbocycles. The van der Waals surface area contributed by atoms with Gasteiger partial charge in [-0.05, 0) is 24.3 Å². The van der Waals surface area contributed by atoms with Crippen molar-refractivity contribution in [1.82, 2.24) is 5.32 Å². The summed E-state index contributed by atoms with van der Waals surface area (Å²) in [4.78, 5) is 13.1. The molecule has 0 aromatic heterocycles. The Morgan fingerprint density at radius 1 is 1.31 bits per heavy atom. The molecule has 4 heteroatoms. The SMILES string of the molecule is C[NH+](C)CCCNC(=O)c1ccc(Br)cc1. The molecule has 0 saturated carbocycles. The van der Waals surface area contributed by atoms with Gasteiger partial charge in [-0.2, -0.15) is 0 Å². The lowest BCUT2D eigenvalue weighted by Crippen LogP contribution is -3.05. The first kappa shape index (κ1) is 13.2. The van der Waals surface area contributed by atoms with E-state index in [0.717, 1.165) is 24.0 Å². The highest BCUT2D eigenvalue weighted by molar-refractivity contribution is 9.10. The van der Waals surface area contributed by atoms with Crippen LogP contribution in [0.3, 0.4) is 0 Å². The van der Waals surface area contributed by atoms with E-state index >= 15 is 0 Å². The molecule has 16 heavy (non-hydrogen) atoms. The van der Waals surface area contributed by atoms with E-state index < -0.39 is 0 Å². The number of halogens is 1. The summed E-state index contributed by atoms with van der Waals surface area (Å²) in [6.45, 7) is 1.81. The Morgan fingerprint density at radius 2 is 1.94 bits per heavy atom. The first-order valence-electron chi connectivity index (χ1n) is 5.42. The standard InChI is InChI=1S/C12H17BrN2O/c1-15(2)9-3-8-14-12(16)10-4-6-11(13)7-5-10/h4-7H,3,8-9H2,1-2H3,(H,14,16)/p+1. The van der Waals surface area contributed by atoms with E-state index in [4.69, 9.17) is 0 Å². The molecule has 3 nitrogen and oxygen atoms in total. The lowest BCUT2D eigenvalue weighted by molar-refractivity contribution is -0.858. The highest BCUT2D eigenvalue weighted by Gasteiger charge is 2.04. The van der Waals surface area contributed by atoms with E-state index in [1.165, 1.54) is 4.90 Å². The number of nitrogens with one attached hydrogen (secondary N) is 2. The van der Waals surface area contributed by atoms with Crippen molar-refractivity contribution in [1.29, 1.82) is 0 Å². The number of amides is 1. The van der Waals surface area contributed by atoms with E-state index in [9.17, 15) is 4.79 Å². The fourth-order valence-electron chi connectivity index (χ4n) is 1.35. The van der Waals surface area contributed by atoms with Crippen LogP contribution in [0.4, 0.5) is 0 Å². The molecule has 0 saturated heterocycles. The first-order valence-corrected chi connectivity index (χ1v) is 6.21. The molecule has 0 fully saturated rings. The van der Waals surface area contributed by atoms with E-state index in [0.29, 0.717) is 5.56 Å². The van der Waals surface area contributed by atoms with Gasteiger partial charge in [-0.15, -0.1) is 0 Å². The smallest absolute Gasteiger partial charge is 0.251 e. The normalized spacial score (nSPS) is 10.5. The molecule has 0 radical (unpaired) electrons. The Hall–Kier alpha value is -0.870. The third kappa shape index (κ3) is 4.77. The minimum atomic E-state index is 0.00116. The Kier molecular flexibility index (Phi) is 5.49. The third-order valence-electron chi connectivity index (χ3n) is 2.25. The second-order valence-electron chi connectivity index (χ2n) is 4.07. The van der Waals surface area contributed by atoms with Gasteiger partial charge in [-0.3, -0.25) is 4.79 Å². The van der Waals surface area contributed by atoms with Gasteiger partial charge in [-0.25, -0.2) is 0 Å². The van der Waals surface area contributed by atoms with Crippen LogP contribution in [0.5, 0.6) is 0 Å². The van der Waals surface area contributed by atoms with Crippen molar-refractivity contribution < 1.29 is 9.69 Å². The lowest BCUT2D eigenvalue weighted by Gasteiger charge is -2.08. The van der Waals surface area contributed by atoms with Gasteiger partial charge in [0.2, 0.25) is 0 Å². The number of rotatable bonds is 5. The van der Waals surface area contributed by atoms with Crippen LogP contribution >= 0.6 is 15.9 Å². The second-order valence-corrected chi connectivity index (χ2v) is 4.99. The van der Waals surface area contributed by atoms with Crippen LogP contribution < -0.4 is 10.2 Å². The molecule has 0 unspecified atom stereocenters. The van der Waals surface area contributed by atoms with Crippen molar-refractivity contribution in [2.45, 2.75) is 6.42 Å². The first-order chi connectivity index (χ1) is 7.59. The number of hydrogen-bond donors (Lipinski definition) is 2. The number of quaternary nitrogens is 1. The molecule has 1 rings (SSSR count). The zero-order valence-corrected chi connectivity index (χ0v) is 11.3. The summed E-state index contributed by atoms with van der Waals surface area (Å²) in [7, 11) is 4.22. The number of hydrogen-bond acceptors (Lipinski definition) is 1. The molecule has 2 N–H and O–H groups in total. The van der Waals surface area contributed by atoms with Gasteiger partial charge in [0, 0.05) is 23.0 Å². The monoisotopic (exact) mass is 285 g/mol. The van der Waals surface area contributed by atoms with Crippen LogP contribution in [0.15, 0.2) is 28.7 Å². The second kappa shape index (κ2) is 6.66. The maximum absolute atomic E-state index is 11.7. The zero-order chi connectivity index (χ0) is 12.0. The number of carbonyl (C=O) groups is 1. The molecule has 88 valence electrons. The van der Waals surface area contributed by atoms with Gasteiger partial charge in [0.25, 0.3) is 5.91 Å². The van der Waals surface area contributed by atoms with Crippen LogP contribution in [-0.2, 0) is 0 Å². The number of carbonyl (C=O) groups excluding carboxylic acids is 1. The third-order valence-corrected chi connectivity index (χ3v) is 2.77. The topological polar surface area (TPSA) is 33.5 Å². The summed E-state index contributed by atoms with van der Waals surface area (Å²) in [6.07, 6.45) is 1.00. The van der Waals surface area contributed by atoms with E-state index in [1.54, 1.807) is 0 Å². The molecule has 0 bridgehead atoms. The van der Waals surface area contributed by atoms with Gasteiger partial charge in [0.15, 0.2) is 0 Å². The average Bonchev–Trinajstić information content (AvgIpc) is 2.25. The van der Waals surface area contributed by atoms with Crippen LogP contribution in [-0.4, -0.2) is 33.1 Å². The van der Waals surface area contributed by atoms with E-state index in [1.807, 2.05) is 24.3 Å². The lowest BCUT2D eigenvalue weighted by atomic mass is 10.2. The molecule has 0 atom stereocenters. The number of benzene rings is 1. The predicted octanol–water partition coefficient (Wildman–Crippen LogP) is 0.713. The van der Waals surface area contributed by atoms with Gasteiger partial charge in [0.05, 0.1) is 20.6 Å².